The molecule has 0 saturated carbocycles. The first-order valence-corrected chi connectivity index (χ1v) is 6.14. The van der Waals surface area contributed by atoms with Crippen molar-refractivity contribution in [2.75, 3.05) is 17.7 Å². The molecule has 0 aromatic heterocycles. The van der Waals surface area contributed by atoms with E-state index in [2.05, 4.69) is 10.6 Å². The van der Waals surface area contributed by atoms with Crippen molar-refractivity contribution in [1.82, 2.24) is 0 Å². The van der Waals surface area contributed by atoms with Gasteiger partial charge in [0.2, 0.25) is 0 Å². The highest BCUT2D eigenvalue weighted by Gasteiger charge is 2.15. The Morgan fingerprint density at radius 3 is 2.43 bits per heavy atom. The molecular weight excluding hydrogens is 272 g/mol. The Hall–Kier alpha value is -3.02. The first-order valence-electron chi connectivity index (χ1n) is 6.14. The third-order valence-corrected chi connectivity index (χ3v) is 2.67. The van der Waals surface area contributed by atoms with Gasteiger partial charge in [-0.1, -0.05) is 18.2 Å². The van der Waals surface area contributed by atoms with Crippen molar-refractivity contribution in [2.24, 2.45) is 0 Å². The molecule has 0 unspecified atom stereocenters. The molecule has 2 aromatic rings. The van der Waals surface area contributed by atoms with Crippen molar-refractivity contribution in [3.05, 3.63) is 48.5 Å². The second-order valence-corrected chi connectivity index (χ2v) is 4.16. The Morgan fingerprint density at radius 2 is 1.71 bits per heavy atom. The third kappa shape index (κ3) is 3.73. The van der Waals surface area contributed by atoms with Gasteiger partial charge in [0.1, 0.15) is 11.5 Å². The van der Waals surface area contributed by atoms with Crippen LogP contribution in [0.1, 0.15) is 0 Å². The maximum absolute atomic E-state index is 11.8. The number of hydrogen-bond acceptors (Lipinski definition) is 4. The predicted molar refractivity (Wildman–Crippen MR) is 78.4 cm³/mol. The van der Waals surface area contributed by atoms with Gasteiger partial charge in [-0.25, -0.2) is 0 Å². The standard InChI is InChI=1S/C15H14N2O4/c1-21-13-8-3-2-7-12(13)17-15(20)14(19)16-10-5-4-6-11(18)9-10/h2-9,18H,1H3,(H,16,19)(H,17,20). The Morgan fingerprint density at radius 1 is 1.00 bits per heavy atom. The lowest BCUT2D eigenvalue weighted by atomic mass is 10.3. The molecule has 0 radical (unpaired) electrons. The van der Waals surface area contributed by atoms with Crippen molar-refractivity contribution in [1.29, 1.82) is 0 Å². The maximum Gasteiger partial charge on any atom is 0.314 e. The Bertz CT molecular complexity index is 670. The zero-order valence-electron chi connectivity index (χ0n) is 11.3. The Balaban J connectivity index is 2.04. The van der Waals surface area contributed by atoms with Crippen LogP contribution in [0, 0.1) is 0 Å². The molecule has 0 bridgehead atoms. The van der Waals surface area contributed by atoms with E-state index >= 15 is 0 Å². The van der Waals surface area contributed by atoms with Crippen LogP contribution in [0.2, 0.25) is 0 Å². The van der Waals surface area contributed by atoms with Gasteiger partial charge in [-0.15, -0.1) is 0 Å². The van der Waals surface area contributed by atoms with E-state index in [4.69, 9.17) is 4.74 Å². The molecule has 108 valence electrons. The third-order valence-electron chi connectivity index (χ3n) is 2.67. The van der Waals surface area contributed by atoms with Crippen LogP contribution in [-0.2, 0) is 9.59 Å². The lowest BCUT2D eigenvalue weighted by molar-refractivity contribution is -0.133. The minimum atomic E-state index is -0.841. The minimum Gasteiger partial charge on any atom is -0.508 e. The van der Waals surface area contributed by atoms with Gasteiger partial charge in [0, 0.05) is 11.8 Å². The van der Waals surface area contributed by atoms with Crippen LogP contribution in [0.5, 0.6) is 11.5 Å². The zero-order valence-corrected chi connectivity index (χ0v) is 11.3. The number of phenolic OH excluding ortho intramolecular Hbond substituents is 1. The topological polar surface area (TPSA) is 87.7 Å². The van der Waals surface area contributed by atoms with Crippen LogP contribution in [0.15, 0.2) is 48.5 Å². The number of carbonyl (C=O) groups is 2. The van der Waals surface area contributed by atoms with E-state index in [0.29, 0.717) is 17.1 Å². The fourth-order valence-corrected chi connectivity index (χ4v) is 1.70. The average Bonchev–Trinajstić information content (AvgIpc) is 2.47. The number of carbonyl (C=O) groups excluding carboxylic acids is 2. The fraction of sp³-hybridized carbons (Fsp3) is 0.0667. The van der Waals surface area contributed by atoms with Gasteiger partial charge in [-0.3, -0.25) is 9.59 Å². The second kappa shape index (κ2) is 6.42. The van der Waals surface area contributed by atoms with E-state index in [1.165, 1.54) is 19.2 Å². The summed E-state index contributed by atoms with van der Waals surface area (Å²) < 4.78 is 5.08. The number of hydrogen-bond donors (Lipinski definition) is 3. The van der Waals surface area contributed by atoms with Crippen LogP contribution in [0.4, 0.5) is 11.4 Å². The van der Waals surface area contributed by atoms with Crippen LogP contribution in [0.3, 0.4) is 0 Å². The summed E-state index contributed by atoms with van der Waals surface area (Å²) in [5, 5.41) is 14.1. The smallest absolute Gasteiger partial charge is 0.314 e. The summed E-state index contributed by atoms with van der Waals surface area (Å²) in [6.07, 6.45) is 0. The van der Waals surface area contributed by atoms with Crippen LogP contribution in [-0.4, -0.2) is 24.0 Å². The number of ether oxygens (including phenoxy) is 1. The number of aromatic hydroxyl groups is 1. The molecule has 6 heteroatoms. The molecule has 2 rings (SSSR count). The SMILES string of the molecule is COc1ccccc1NC(=O)C(=O)Nc1cccc(O)c1. The van der Waals surface area contributed by atoms with Crippen molar-refractivity contribution in [3.63, 3.8) is 0 Å². The van der Waals surface area contributed by atoms with Crippen LogP contribution in [0.25, 0.3) is 0 Å². The van der Waals surface area contributed by atoms with E-state index in [-0.39, 0.29) is 5.75 Å². The minimum absolute atomic E-state index is 0.00191. The molecule has 21 heavy (non-hydrogen) atoms. The second-order valence-electron chi connectivity index (χ2n) is 4.16. The Labute approximate surface area is 121 Å². The number of anilines is 2. The summed E-state index contributed by atoms with van der Waals surface area (Å²) in [6, 6.07) is 12.7. The fourth-order valence-electron chi connectivity index (χ4n) is 1.70. The number of nitrogens with one attached hydrogen (secondary N) is 2. The molecule has 0 fully saturated rings. The normalized spacial score (nSPS) is 9.76. The number of amides is 2. The Kier molecular flexibility index (Phi) is 4.40. The van der Waals surface area contributed by atoms with Gasteiger partial charge < -0.3 is 20.5 Å². The monoisotopic (exact) mass is 286 g/mol. The maximum atomic E-state index is 11.8. The van der Waals surface area contributed by atoms with E-state index in [1.54, 1.807) is 36.4 Å². The van der Waals surface area contributed by atoms with Gasteiger partial charge in [0.05, 0.1) is 12.8 Å². The molecule has 0 aliphatic heterocycles. The lowest BCUT2D eigenvalue weighted by Gasteiger charge is -2.10. The molecule has 0 heterocycles. The summed E-state index contributed by atoms with van der Waals surface area (Å²) in [5.74, 6) is -1.22. The van der Waals surface area contributed by atoms with Crippen molar-refractivity contribution >= 4 is 23.2 Å². The molecule has 0 aliphatic carbocycles. The molecule has 2 amide bonds. The summed E-state index contributed by atoms with van der Waals surface area (Å²) in [4.78, 5) is 23.6. The number of rotatable bonds is 3. The molecule has 2 aromatic carbocycles. The highest BCUT2D eigenvalue weighted by atomic mass is 16.5. The quantitative estimate of drug-likeness (QED) is 0.753. The van der Waals surface area contributed by atoms with E-state index in [0.717, 1.165) is 0 Å². The predicted octanol–water partition coefficient (Wildman–Crippen LogP) is 1.98. The van der Waals surface area contributed by atoms with Crippen molar-refractivity contribution < 1.29 is 19.4 Å². The van der Waals surface area contributed by atoms with Crippen molar-refractivity contribution in [3.8, 4) is 11.5 Å². The van der Waals surface area contributed by atoms with E-state index < -0.39 is 11.8 Å². The number of methoxy groups -OCH3 is 1. The van der Waals surface area contributed by atoms with E-state index in [1.807, 2.05) is 0 Å². The van der Waals surface area contributed by atoms with Crippen LogP contribution < -0.4 is 15.4 Å². The van der Waals surface area contributed by atoms with Gasteiger partial charge >= 0.3 is 11.8 Å². The van der Waals surface area contributed by atoms with E-state index in [9.17, 15) is 14.7 Å². The van der Waals surface area contributed by atoms with Gasteiger partial charge in [-0.05, 0) is 24.3 Å². The highest BCUT2D eigenvalue weighted by Crippen LogP contribution is 2.23. The average molecular weight is 286 g/mol. The first kappa shape index (κ1) is 14.4. The molecule has 0 saturated heterocycles. The molecule has 6 nitrogen and oxygen atoms in total. The summed E-state index contributed by atoms with van der Waals surface area (Å²) in [5.41, 5.74) is 0.728. The van der Waals surface area contributed by atoms with Crippen molar-refractivity contribution in [2.45, 2.75) is 0 Å². The lowest BCUT2D eigenvalue weighted by Crippen LogP contribution is -2.29. The summed E-state index contributed by atoms with van der Waals surface area (Å²) >= 11 is 0. The largest absolute Gasteiger partial charge is 0.508 e. The molecule has 0 aliphatic rings. The molecule has 0 atom stereocenters. The van der Waals surface area contributed by atoms with Gasteiger partial charge in [0.15, 0.2) is 0 Å². The zero-order chi connectivity index (χ0) is 15.2. The summed E-state index contributed by atoms with van der Waals surface area (Å²) in [7, 11) is 1.47. The van der Waals surface area contributed by atoms with Gasteiger partial charge in [0.25, 0.3) is 0 Å². The molecule has 0 spiro atoms. The number of para-hydroxylation sites is 2. The highest BCUT2D eigenvalue weighted by molar-refractivity contribution is 6.43. The molecular formula is C15H14N2O4. The van der Waals surface area contributed by atoms with Gasteiger partial charge in [-0.2, -0.15) is 0 Å². The molecule has 3 N–H and O–H groups in total. The number of benzene rings is 2. The first-order chi connectivity index (χ1) is 10.1. The number of phenols is 1. The van der Waals surface area contributed by atoms with Crippen LogP contribution >= 0.6 is 0 Å². The summed E-state index contributed by atoms with van der Waals surface area (Å²) in [6.45, 7) is 0.